The van der Waals surface area contributed by atoms with Gasteiger partial charge in [-0.15, -0.1) is 5.10 Å². The minimum Gasteiger partial charge on any atom is -0.282 e. The predicted molar refractivity (Wildman–Crippen MR) is 105 cm³/mol. The summed E-state index contributed by atoms with van der Waals surface area (Å²) < 4.78 is 3.83. The van der Waals surface area contributed by atoms with Gasteiger partial charge in [-0.25, -0.2) is 19.5 Å². The molecule has 0 aliphatic rings. The number of rotatable bonds is 2. The van der Waals surface area contributed by atoms with E-state index in [4.69, 9.17) is 4.98 Å². The summed E-state index contributed by atoms with van der Waals surface area (Å²) in [5.74, 6) is 1.55. The summed E-state index contributed by atoms with van der Waals surface area (Å²) in [7, 11) is 0. The zero-order valence-electron chi connectivity index (χ0n) is 15.4. The minimum absolute atomic E-state index is 0.704. The van der Waals surface area contributed by atoms with Crippen LogP contribution in [-0.4, -0.2) is 29.1 Å². The largest absolute Gasteiger partial charge is 0.282 e. The van der Waals surface area contributed by atoms with E-state index in [2.05, 4.69) is 52.5 Å². The van der Waals surface area contributed by atoms with Crippen molar-refractivity contribution in [2.75, 3.05) is 0 Å². The molecule has 0 aliphatic heterocycles. The Morgan fingerprint density at radius 1 is 0.889 bits per heavy atom. The van der Waals surface area contributed by atoms with Crippen LogP contribution in [0.2, 0.25) is 0 Å². The lowest BCUT2D eigenvalue weighted by Crippen LogP contribution is -2.01. The fraction of sp³-hybridized carbons (Fsp3) is 0.143. The molecule has 4 heterocycles. The first-order valence-electron chi connectivity index (χ1n) is 8.85. The second kappa shape index (κ2) is 5.74. The van der Waals surface area contributed by atoms with E-state index in [-0.39, 0.29) is 0 Å². The van der Waals surface area contributed by atoms with E-state index >= 15 is 0 Å². The van der Waals surface area contributed by atoms with Crippen LogP contribution >= 0.6 is 0 Å². The number of aromatic nitrogens is 6. The van der Waals surface area contributed by atoms with Crippen LogP contribution < -0.4 is 0 Å². The van der Waals surface area contributed by atoms with Gasteiger partial charge in [0.2, 0.25) is 0 Å². The Hall–Kier alpha value is -3.54. The zero-order valence-corrected chi connectivity index (χ0v) is 15.4. The number of fused-ring (bicyclic) bond motifs is 3. The van der Waals surface area contributed by atoms with E-state index in [1.807, 2.05) is 30.3 Å². The average molecular weight is 354 g/mol. The van der Waals surface area contributed by atoms with Gasteiger partial charge in [-0.1, -0.05) is 29.8 Å². The van der Waals surface area contributed by atoms with E-state index < -0.39 is 0 Å². The summed E-state index contributed by atoms with van der Waals surface area (Å²) in [5, 5.41) is 5.65. The monoisotopic (exact) mass is 354 g/mol. The third-order valence-corrected chi connectivity index (χ3v) is 4.99. The summed E-state index contributed by atoms with van der Waals surface area (Å²) in [4.78, 5) is 14.0. The molecule has 0 bridgehead atoms. The smallest absolute Gasteiger partial charge is 0.182 e. The lowest BCUT2D eigenvalue weighted by Gasteiger charge is -2.05. The molecular weight excluding hydrogens is 336 g/mol. The summed E-state index contributed by atoms with van der Waals surface area (Å²) >= 11 is 0. The van der Waals surface area contributed by atoms with E-state index in [0.717, 1.165) is 39.3 Å². The third kappa shape index (κ3) is 2.33. The molecule has 0 N–H and O–H groups in total. The molecule has 5 rings (SSSR count). The summed E-state index contributed by atoms with van der Waals surface area (Å²) in [5.41, 5.74) is 6.08. The molecule has 0 radical (unpaired) electrons. The van der Waals surface area contributed by atoms with E-state index in [9.17, 15) is 0 Å². The summed E-state index contributed by atoms with van der Waals surface area (Å²) in [6.07, 6.45) is 3.52. The zero-order chi connectivity index (χ0) is 18.5. The van der Waals surface area contributed by atoms with Gasteiger partial charge in [-0.3, -0.25) is 4.57 Å². The fourth-order valence-corrected chi connectivity index (χ4v) is 3.53. The Kier molecular flexibility index (Phi) is 3.33. The van der Waals surface area contributed by atoms with Crippen molar-refractivity contribution >= 4 is 16.7 Å². The quantitative estimate of drug-likeness (QED) is 0.480. The van der Waals surface area contributed by atoms with Gasteiger partial charge >= 0.3 is 0 Å². The molecule has 1 aromatic carbocycles. The predicted octanol–water partition coefficient (Wildman–Crippen LogP) is 4.06. The van der Waals surface area contributed by atoms with Crippen LogP contribution in [0.4, 0.5) is 0 Å². The Balaban J connectivity index is 1.81. The van der Waals surface area contributed by atoms with E-state index in [1.165, 1.54) is 5.56 Å². The van der Waals surface area contributed by atoms with Crippen molar-refractivity contribution in [3.05, 3.63) is 71.8 Å². The van der Waals surface area contributed by atoms with Crippen LogP contribution in [0, 0.1) is 20.8 Å². The van der Waals surface area contributed by atoms with E-state index in [0.29, 0.717) is 5.82 Å². The highest BCUT2D eigenvalue weighted by Crippen LogP contribution is 2.30. The SMILES string of the molecule is Cc1cccc(-c2nc3c4c(C)c(C)n(-c5ccccn5)c4ncn3n2)c1. The topological polar surface area (TPSA) is 60.9 Å². The number of nitrogens with zero attached hydrogens (tertiary/aromatic N) is 6. The second-order valence-corrected chi connectivity index (χ2v) is 6.75. The van der Waals surface area contributed by atoms with Crippen molar-refractivity contribution in [1.82, 2.24) is 29.1 Å². The standard InChI is InChI=1S/C21H18N6/c1-13-7-6-8-16(11-13)19-24-21-18-14(2)15(3)27(17-9-4-5-10-22-17)20(18)23-12-26(21)25-19/h4-12H,1-3H3. The van der Waals surface area contributed by atoms with Crippen LogP contribution in [0.5, 0.6) is 0 Å². The van der Waals surface area contributed by atoms with Crippen molar-refractivity contribution < 1.29 is 0 Å². The number of hydrogen-bond acceptors (Lipinski definition) is 4. The maximum absolute atomic E-state index is 4.84. The van der Waals surface area contributed by atoms with Crippen LogP contribution in [-0.2, 0) is 0 Å². The van der Waals surface area contributed by atoms with Gasteiger partial charge in [-0.05, 0) is 44.5 Å². The highest BCUT2D eigenvalue weighted by atomic mass is 15.3. The normalized spacial score (nSPS) is 11.5. The van der Waals surface area contributed by atoms with Gasteiger partial charge < -0.3 is 0 Å². The summed E-state index contributed by atoms with van der Waals surface area (Å²) in [6.45, 7) is 6.25. The molecule has 0 saturated carbocycles. The van der Waals surface area contributed by atoms with Crippen molar-refractivity contribution in [2.24, 2.45) is 0 Å². The molecule has 0 spiro atoms. The molecule has 0 saturated heterocycles. The van der Waals surface area contributed by atoms with Crippen molar-refractivity contribution in [3.63, 3.8) is 0 Å². The summed E-state index contributed by atoms with van der Waals surface area (Å²) in [6, 6.07) is 14.1. The first kappa shape index (κ1) is 15.7. The number of hydrogen-bond donors (Lipinski definition) is 0. The van der Waals surface area contributed by atoms with Crippen LogP contribution in [0.15, 0.2) is 55.0 Å². The fourth-order valence-electron chi connectivity index (χ4n) is 3.53. The Bertz CT molecular complexity index is 1300. The third-order valence-electron chi connectivity index (χ3n) is 4.99. The molecule has 5 aromatic rings. The van der Waals surface area contributed by atoms with Gasteiger partial charge in [0.05, 0.1) is 5.39 Å². The first-order valence-corrected chi connectivity index (χ1v) is 8.85. The van der Waals surface area contributed by atoms with Gasteiger partial charge in [0.15, 0.2) is 17.1 Å². The highest BCUT2D eigenvalue weighted by molar-refractivity contribution is 5.95. The molecule has 0 aliphatic carbocycles. The molecule has 27 heavy (non-hydrogen) atoms. The molecule has 0 fully saturated rings. The first-order chi connectivity index (χ1) is 13.1. The number of benzene rings is 1. The van der Waals surface area contributed by atoms with Crippen molar-refractivity contribution in [2.45, 2.75) is 20.8 Å². The van der Waals surface area contributed by atoms with Crippen LogP contribution in [0.3, 0.4) is 0 Å². The molecule has 4 aromatic heterocycles. The van der Waals surface area contributed by atoms with E-state index in [1.54, 1.807) is 17.0 Å². The Morgan fingerprint density at radius 2 is 1.78 bits per heavy atom. The van der Waals surface area contributed by atoms with Gasteiger partial charge in [0.1, 0.15) is 12.1 Å². The lowest BCUT2D eigenvalue weighted by atomic mass is 10.1. The molecular formula is C21H18N6. The maximum atomic E-state index is 4.84. The highest BCUT2D eigenvalue weighted by Gasteiger charge is 2.19. The van der Waals surface area contributed by atoms with Crippen LogP contribution in [0.1, 0.15) is 16.8 Å². The molecule has 0 unspecified atom stereocenters. The second-order valence-electron chi connectivity index (χ2n) is 6.75. The lowest BCUT2D eigenvalue weighted by molar-refractivity contribution is 0.919. The molecule has 6 nitrogen and oxygen atoms in total. The molecule has 0 amide bonds. The average Bonchev–Trinajstić information content (AvgIpc) is 3.22. The van der Waals surface area contributed by atoms with Gasteiger partial charge in [0, 0.05) is 17.5 Å². The van der Waals surface area contributed by atoms with Crippen molar-refractivity contribution in [1.29, 1.82) is 0 Å². The maximum Gasteiger partial charge on any atom is 0.182 e. The molecule has 6 heteroatoms. The number of aryl methyl sites for hydroxylation is 2. The minimum atomic E-state index is 0.704. The number of pyridine rings is 1. The molecule has 132 valence electrons. The van der Waals surface area contributed by atoms with Crippen LogP contribution in [0.25, 0.3) is 33.9 Å². The van der Waals surface area contributed by atoms with Gasteiger partial charge in [-0.2, -0.15) is 0 Å². The Labute approximate surface area is 156 Å². The Morgan fingerprint density at radius 3 is 2.56 bits per heavy atom. The molecule has 0 atom stereocenters. The van der Waals surface area contributed by atoms with Crippen molar-refractivity contribution in [3.8, 4) is 17.2 Å². The van der Waals surface area contributed by atoms with Gasteiger partial charge in [0.25, 0.3) is 0 Å².